The van der Waals surface area contributed by atoms with Crippen LogP contribution in [0.1, 0.15) is 0 Å². The monoisotopic (exact) mass is 309 g/mol. The van der Waals surface area contributed by atoms with Gasteiger partial charge in [0.2, 0.25) is 0 Å². The minimum atomic E-state index is -2.18. The van der Waals surface area contributed by atoms with Gasteiger partial charge in [0.05, 0.1) is 5.92 Å². The first kappa shape index (κ1) is 14.7. The Balaban J connectivity index is 2.16. The standard InChI is InChI=1S/C18H14OPS/c19-14-15-8-7-13-18(15)20(21,16-9-3-1-4-10-16)17-11-5-2-6-12-17/h1-14H. The normalized spacial score (nSPS) is 17.0. The molecule has 103 valence electrons. The summed E-state index contributed by atoms with van der Waals surface area (Å²) >= 11 is 6.16. The average molecular weight is 309 g/mol. The molecule has 0 heterocycles. The minimum absolute atomic E-state index is 0.700. The highest BCUT2D eigenvalue weighted by atomic mass is 32.4. The van der Waals surface area contributed by atoms with Crippen molar-refractivity contribution < 1.29 is 4.79 Å². The van der Waals surface area contributed by atoms with Crippen LogP contribution in [0, 0.1) is 30.8 Å². The van der Waals surface area contributed by atoms with Gasteiger partial charge in [0.25, 0.3) is 0 Å². The van der Waals surface area contributed by atoms with Crippen molar-refractivity contribution in [2.45, 2.75) is 0 Å². The third-order valence-electron chi connectivity index (χ3n) is 3.53. The zero-order valence-corrected chi connectivity index (χ0v) is 13.1. The highest BCUT2D eigenvalue weighted by molar-refractivity contribution is 8.23. The van der Waals surface area contributed by atoms with Crippen LogP contribution in [0.3, 0.4) is 0 Å². The number of carbonyl (C=O) groups excluding carboxylic acids is 1. The summed E-state index contributed by atoms with van der Waals surface area (Å²) in [5, 5.41) is 2.22. The fraction of sp³-hybridized carbons (Fsp3) is 0. The summed E-state index contributed by atoms with van der Waals surface area (Å²) in [6.45, 7) is 0. The molecule has 1 aliphatic carbocycles. The van der Waals surface area contributed by atoms with Gasteiger partial charge in [-0.15, -0.1) is 0 Å². The molecule has 0 atom stereocenters. The Bertz CT molecular complexity index is 610. The molecular formula is C18H14OPS. The lowest BCUT2D eigenvalue weighted by atomic mass is 10.1. The first-order valence-electron chi connectivity index (χ1n) is 6.69. The Hall–Kier alpha value is -1.24. The molecule has 21 heavy (non-hydrogen) atoms. The van der Waals surface area contributed by atoms with Crippen LogP contribution in [-0.4, -0.2) is 6.29 Å². The minimum Gasteiger partial charge on any atom is -0.303 e. The molecule has 5 radical (unpaired) electrons. The molecule has 2 aromatic carbocycles. The smallest absolute Gasteiger partial charge is 0.128 e. The lowest BCUT2D eigenvalue weighted by Crippen LogP contribution is -2.23. The Kier molecular flexibility index (Phi) is 4.37. The van der Waals surface area contributed by atoms with Crippen molar-refractivity contribution in [3.63, 3.8) is 0 Å². The lowest BCUT2D eigenvalue weighted by molar-refractivity contribution is -0.105. The topological polar surface area (TPSA) is 17.1 Å². The maximum Gasteiger partial charge on any atom is 0.128 e. The van der Waals surface area contributed by atoms with Gasteiger partial charge in [-0.05, 0) is 29.9 Å². The molecule has 1 fully saturated rings. The molecule has 0 amide bonds. The van der Waals surface area contributed by atoms with Crippen LogP contribution in [0.2, 0.25) is 0 Å². The Labute approximate surface area is 131 Å². The van der Waals surface area contributed by atoms with Crippen LogP contribution < -0.4 is 10.6 Å². The van der Waals surface area contributed by atoms with E-state index in [2.05, 4.69) is 24.3 Å². The molecule has 0 spiro atoms. The Morgan fingerprint density at radius 3 is 1.81 bits per heavy atom. The van der Waals surface area contributed by atoms with Gasteiger partial charge >= 0.3 is 0 Å². The molecule has 1 nitrogen and oxygen atoms in total. The molecule has 3 rings (SSSR count). The number of hydrogen-bond acceptors (Lipinski definition) is 2. The molecule has 1 saturated carbocycles. The maximum absolute atomic E-state index is 11.4. The Morgan fingerprint density at radius 2 is 1.33 bits per heavy atom. The summed E-state index contributed by atoms with van der Waals surface area (Å²) in [4.78, 5) is 11.4. The molecule has 0 aromatic heterocycles. The van der Waals surface area contributed by atoms with E-state index in [1.54, 1.807) is 0 Å². The summed E-state index contributed by atoms with van der Waals surface area (Å²) in [6, 6.07) is 18.1. The van der Waals surface area contributed by atoms with Gasteiger partial charge in [-0.1, -0.05) is 72.5 Å². The summed E-state index contributed by atoms with van der Waals surface area (Å²) in [5.41, 5.74) is 0.977. The second-order valence-corrected chi connectivity index (χ2v) is 9.14. The second kappa shape index (κ2) is 6.25. The molecule has 0 aliphatic heterocycles. The van der Waals surface area contributed by atoms with Crippen LogP contribution >= 0.6 is 6.04 Å². The van der Waals surface area contributed by atoms with Crippen LogP contribution in [0.5, 0.6) is 0 Å². The largest absolute Gasteiger partial charge is 0.303 e. The van der Waals surface area contributed by atoms with Gasteiger partial charge < -0.3 is 4.79 Å². The average Bonchev–Trinajstić information content (AvgIpc) is 3.05. The lowest BCUT2D eigenvalue weighted by Gasteiger charge is -2.30. The third kappa shape index (κ3) is 2.63. The molecule has 3 heteroatoms. The highest BCUT2D eigenvalue weighted by Crippen LogP contribution is 2.61. The van der Waals surface area contributed by atoms with Crippen molar-refractivity contribution in [2.24, 2.45) is 0 Å². The third-order valence-corrected chi connectivity index (χ3v) is 8.52. The van der Waals surface area contributed by atoms with E-state index in [4.69, 9.17) is 11.8 Å². The zero-order chi connectivity index (χ0) is 14.7. The van der Waals surface area contributed by atoms with E-state index in [9.17, 15) is 4.79 Å². The van der Waals surface area contributed by atoms with Gasteiger partial charge in [-0.3, -0.25) is 0 Å². The van der Waals surface area contributed by atoms with Crippen LogP contribution in [0.15, 0.2) is 60.7 Å². The van der Waals surface area contributed by atoms with E-state index in [0.717, 1.165) is 22.6 Å². The van der Waals surface area contributed by atoms with Crippen molar-refractivity contribution >= 4 is 34.7 Å². The predicted molar refractivity (Wildman–Crippen MR) is 91.9 cm³/mol. The second-order valence-electron chi connectivity index (χ2n) is 4.76. The molecule has 1 aliphatic rings. The molecule has 0 bridgehead atoms. The van der Waals surface area contributed by atoms with E-state index in [1.165, 1.54) is 0 Å². The number of aldehydes is 1. The fourth-order valence-electron chi connectivity index (χ4n) is 2.51. The molecule has 0 unspecified atom stereocenters. The zero-order valence-electron chi connectivity index (χ0n) is 11.3. The summed E-state index contributed by atoms with van der Waals surface area (Å²) < 4.78 is 0. The summed E-state index contributed by atoms with van der Waals surface area (Å²) in [5.74, 6) is 0.700. The molecular weight excluding hydrogens is 295 g/mol. The van der Waals surface area contributed by atoms with E-state index in [0.29, 0.717) is 5.92 Å². The summed E-state index contributed by atoms with van der Waals surface area (Å²) in [7, 11) is 0. The number of carbonyl (C=O) groups is 1. The highest BCUT2D eigenvalue weighted by Gasteiger charge is 2.41. The van der Waals surface area contributed by atoms with Crippen molar-refractivity contribution in [3.05, 3.63) is 91.5 Å². The Morgan fingerprint density at radius 1 is 0.810 bits per heavy atom. The van der Waals surface area contributed by atoms with Gasteiger partial charge in [-0.25, -0.2) is 0 Å². The van der Waals surface area contributed by atoms with Crippen LogP contribution in [0.25, 0.3) is 0 Å². The number of rotatable bonds is 4. The van der Waals surface area contributed by atoms with Gasteiger partial charge in [0.1, 0.15) is 6.29 Å². The number of hydrogen-bond donors (Lipinski definition) is 0. The van der Waals surface area contributed by atoms with E-state index < -0.39 is 6.04 Å². The molecule has 0 saturated heterocycles. The van der Waals surface area contributed by atoms with E-state index in [-0.39, 0.29) is 0 Å². The number of benzene rings is 2. The fourth-order valence-corrected chi connectivity index (χ4v) is 6.57. The molecule has 0 N–H and O–H groups in total. The van der Waals surface area contributed by atoms with Crippen molar-refractivity contribution in [2.75, 3.05) is 0 Å². The van der Waals surface area contributed by atoms with Gasteiger partial charge in [0, 0.05) is 11.7 Å². The molecule has 2 aromatic rings. The van der Waals surface area contributed by atoms with E-state index >= 15 is 0 Å². The van der Waals surface area contributed by atoms with E-state index in [1.807, 2.05) is 55.7 Å². The van der Waals surface area contributed by atoms with Crippen LogP contribution in [-0.2, 0) is 16.6 Å². The van der Waals surface area contributed by atoms with Gasteiger partial charge in [0.15, 0.2) is 0 Å². The predicted octanol–water partition coefficient (Wildman–Crippen LogP) is 3.05. The first-order valence-corrected chi connectivity index (χ1v) is 9.50. The summed E-state index contributed by atoms with van der Waals surface area (Å²) in [6.07, 6.45) is 6.65. The van der Waals surface area contributed by atoms with Crippen molar-refractivity contribution in [1.82, 2.24) is 0 Å². The van der Waals surface area contributed by atoms with Crippen molar-refractivity contribution in [1.29, 1.82) is 0 Å². The first-order chi connectivity index (χ1) is 10.3. The van der Waals surface area contributed by atoms with Gasteiger partial charge in [-0.2, -0.15) is 0 Å². The van der Waals surface area contributed by atoms with Crippen LogP contribution in [0.4, 0.5) is 0 Å². The quantitative estimate of drug-likeness (QED) is 0.638. The van der Waals surface area contributed by atoms with Crippen molar-refractivity contribution in [3.8, 4) is 0 Å². The SMILES string of the molecule is O=C[C]1[CH][CH][CH][C]1P(=S)(c1ccccc1)c1ccccc1. The maximum atomic E-state index is 11.4.